The Hall–Kier alpha value is -3.70. The Labute approximate surface area is 194 Å². The number of unbranched alkanes of at least 4 members (excludes halogenated alkanes) is 3. The molecule has 0 saturated carbocycles. The maximum absolute atomic E-state index is 13.2. The smallest absolute Gasteiger partial charge is 0.276 e. The molecule has 0 aromatic carbocycles. The van der Waals surface area contributed by atoms with E-state index in [-0.39, 0.29) is 11.0 Å². The molecular formula is C22H30N8O4. The molecule has 0 bridgehead atoms. The van der Waals surface area contributed by atoms with Crippen LogP contribution in [-0.2, 0) is 26.7 Å². The second-order valence-corrected chi connectivity index (χ2v) is 8.37. The number of imidazole rings is 2. The third-order valence-corrected chi connectivity index (χ3v) is 6.16. The van der Waals surface area contributed by atoms with E-state index < -0.39 is 22.5 Å². The summed E-state index contributed by atoms with van der Waals surface area (Å²) in [6, 6.07) is 0. The van der Waals surface area contributed by atoms with Crippen LogP contribution in [0.5, 0.6) is 0 Å². The predicted octanol–water partition coefficient (Wildman–Crippen LogP) is 0.891. The van der Waals surface area contributed by atoms with Crippen molar-refractivity contribution in [2.45, 2.75) is 72.5 Å². The molecule has 0 aliphatic rings. The van der Waals surface area contributed by atoms with Gasteiger partial charge < -0.3 is 0 Å². The van der Waals surface area contributed by atoms with Gasteiger partial charge in [-0.15, -0.1) is 0 Å². The molecule has 12 heteroatoms. The second kappa shape index (κ2) is 9.27. The van der Waals surface area contributed by atoms with Gasteiger partial charge in [0.1, 0.15) is 12.7 Å². The zero-order valence-corrected chi connectivity index (χ0v) is 20.0. The summed E-state index contributed by atoms with van der Waals surface area (Å²) in [6.07, 6.45) is 7.02. The summed E-state index contributed by atoms with van der Waals surface area (Å²) in [4.78, 5) is 60.7. The van der Waals surface area contributed by atoms with E-state index in [9.17, 15) is 19.2 Å². The van der Waals surface area contributed by atoms with Crippen LogP contribution < -0.4 is 22.5 Å². The molecule has 0 unspecified atom stereocenters. The van der Waals surface area contributed by atoms with Crippen molar-refractivity contribution in [1.29, 1.82) is 0 Å². The van der Waals surface area contributed by atoms with Crippen LogP contribution in [-0.4, -0.2) is 37.6 Å². The summed E-state index contributed by atoms with van der Waals surface area (Å²) in [5, 5.41) is 0. The highest BCUT2D eigenvalue weighted by Gasteiger charge is 2.22. The molecule has 0 radical (unpaired) electrons. The van der Waals surface area contributed by atoms with Gasteiger partial charge >= 0.3 is 11.4 Å². The molecule has 0 fully saturated rings. The number of rotatable bonds is 9. The lowest BCUT2D eigenvalue weighted by Gasteiger charge is -2.15. The van der Waals surface area contributed by atoms with Crippen molar-refractivity contribution in [3.8, 4) is 0 Å². The summed E-state index contributed by atoms with van der Waals surface area (Å²) in [5.74, 6) is 0. The maximum atomic E-state index is 13.2. The van der Waals surface area contributed by atoms with Gasteiger partial charge in [-0.1, -0.05) is 33.1 Å². The average Bonchev–Trinajstić information content (AvgIpc) is 3.45. The molecule has 0 spiro atoms. The third-order valence-electron chi connectivity index (χ3n) is 6.16. The third kappa shape index (κ3) is 3.53. The van der Waals surface area contributed by atoms with E-state index in [4.69, 9.17) is 0 Å². The van der Waals surface area contributed by atoms with Crippen molar-refractivity contribution in [3.05, 3.63) is 54.3 Å². The Morgan fingerprint density at radius 2 is 1.24 bits per heavy atom. The van der Waals surface area contributed by atoms with E-state index in [0.717, 1.165) is 36.7 Å². The topological polar surface area (TPSA) is 124 Å². The van der Waals surface area contributed by atoms with Crippen LogP contribution >= 0.6 is 0 Å². The van der Waals surface area contributed by atoms with E-state index in [2.05, 4.69) is 16.9 Å². The van der Waals surface area contributed by atoms with Gasteiger partial charge in [-0.2, -0.15) is 0 Å². The molecule has 0 aliphatic heterocycles. The standard InChI is InChI=1S/C22H30N8O4/c1-5-8-10-12-28-20(32)16-17(26(7-3)22(28)34)29(14-24-16)30-13-23-15-18(30)27(11-9-6-2)21(33)25(4)19(15)31/h13-14H,5-12H2,1-4H3. The first kappa shape index (κ1) is 23.5. The molecule has 4 heterocycles. The van der Waals surface area contributed by atoms with Gasteiger partial charge in [0, 0.05) is 26.7 Å². The lowest BCUT2D eigenvalue weighted by molar-refractivity contribution is 0.529. The van der Waals surface area contributed by atoms with Crippen molar-refractivity contribution >= 4 is 22.3 Å². The minimum atomic E-state index is -0.512. The highest BCUT2D eigenvalue weighted by Crippen LogP contribution is 2.14. The molecule has 0 N–H and O–H groups in total. The number of nitrogens with zero attached hydrogens (tertiary/aromatic N) is 8. The average molecular weight is 471 g/mol. The molecule has 34 heavy (non-hydrogen) atoms. The predicted molar refractivity (Wildman–Crippen MR) is 128 cm³/mol. The first-order chi connectivity index (χ1) is 16.4. The molecule has 0 atom stereocenters. The minimum Gasteiger partial charge on any atom is -0.276 e. The minimum absolute atomic E-state index is 0.123. The summed E-state index contributed by atoms with van der Waals surface area (Å²) in [6.45, 7) is 6.92. The van der Waals surface area contributed by atoms with E-state index >= 15 is 0 Å². The largest absolute Gasteiger partial charge is 0.332 e. The van der Waals surface area contributed by atoms with Crippen LogP contribution in [0.3, 0.4) is 0 Å². The van der Waals surface area contributed by atoms with Gasteiger partial charge in [0.15, 0.2) is 22.3 Å². The molecule has 0 amide bonds. The summed E-state index contributed by atoms with van der Waals surface area (Å²) >= 11 is 0. The number of hydrogen-bond donors (Lipinski definition) is 0. The molecule has 4 aromatic rings. The zero-order valence-electron chi connectivity index (χ0n) is 20.0. The van der Waals surface area contributed by atoms with Gasteiger partial charge in [-0.25, -0.2) is 28.9 Å². The summed E-state index contributed by atoms with van der Waals surface area (Å²) in [7, 11) is 1.42. The molecule has 12 nitrogen and oxygen atoms in total. The molecule has 0 saturated heterocycles. The van der Waals surface area contributed by atoms with Crippen molar-refractivity contribution in [2.75, 3.05) is 0 Å². The Bertz CT molecular complexity index is 1590. The van der Waals surface area contributed by atoms with Gasteiger partial charge in [0.25, 0.3) is 11.1 Å². The lowest BCUT2D eigenvalue weighted by Crippen LogP contribution is -2.41. The summed E-state index contributed by atoms with van der Waals surface area (Å²) in [5.41, 5.74) is -0.985. The normalized spacial score (nSPS) is 11.8. The first-order valence-electron chi connectivity index (χ1n) is 11.7. The molecule has 4 aromatic heterocycles. The van der Waals surface area contributed by atoms with Crippen LogP contribution in [0.25, 0.3) is 22.3 Å². The Kier molecular flexibility index (Phi) is 6.40. The fraction of sp³-hybridized carbons (Fsp3) is 0.545. The fourth-order valence-electron chi connectivity index (χ4n) is 4.28. The molecule has 0 aliphatic carbocycles. The van der Waals surface area contributed by atoms with E-state index in [0.29, 0.717) is 30.9 Å². The van der Waals surface area contributed by atoms with Crippen LogP contribution in [0.15, 0.2) is 31.8 Å². The van der Waals surface area contributed by atoms with Crippen LogP contribution in [0.2, 0.25) is 0 Å². The van der Waals surface area contributed by atoms with Crippen LogP contribution in [0.1, 0.15) is 52.9 Å². The van der Waals surface area contributed by atoms with Gasteiger partial charge in [0.05, 0.1) is 0 Å². The second-order valence-electron chi connectivity index (χ2n) is 8.37. The van der Waals surface area contributed by atoms with Crippen LogP contribution in [0, 0.1) is 0 Å². The number of aryl methyl sites for hydroxylation is 2. The Morgan fingerprint density at radius 1 is 0.676 bits per heavy atom. The lowest BCUT2D eigenvalue weighted by atomic mass is 10.2. The maximum Gasteiger partial charge on any atom is 0.332 e. The summed E-state index contributed by atoms with van der Waals surface area (Å²) < 4.78 is 8.27. The van der Waals surface area contributed by atoms with E-state index in [1.54, 1.807) is 0 Å². The monoisotopic (exact) mass is 470 g/mol. The highest BCUT2D eigenvalue weighted by molar-refractivity contribution is 5.73. The van der Waals surface area contributed by atoms with E-state index in [1.165, 1.54) is 42.8 Å². The number of hydrogen-bond acceptors (Lipinski definition) is 6. The number of fused-ring (bicyclic) bond motifs is 2. The molecule has 4 rings (SSSR count). The fourth-order valence-corrected chi connectivity index (χ4v) is 4.28. The SMILES string of the molecule is CCCCCn1c(=O)c2ncn(-n3cnc4c(=O)n(C)c(=O)n(CCCC)c43)c2n(CC)c1=O. The van der Waals surface area contributed by atoms with Gasteiger partial charge in [-0.05, 0) is 19.8 Å². The molecule has 182 valence electrons. The number of aromatic nitrogens is 8. The highest BCUT2D eigenvalue weighted by atomic mass is 16.2. The van der Waals surface area contributed by atoms with E-state index in [1.807, 2.05) is 13.8 Å². The zero-order chi connectivity index (χ0) is 24.6. The van der Waals surface area contributed by atoms with Crippen molar-refractivity contribution in [1.82, 2.24) is 37.6 Å². The molecular weight excluding hydrogens is 440 g/mol. The van der Waals surface area contributed by atoms with Crippen molar-refractivity contribution in [3.63, 3.8) is 0 Å². The first-order valence-corrected chi connectivity index (χ1v) is 11.7. The van der Waals surface area contributed by atoms with Gasteiger partial charge in [0.2, 0.25) is 0 Å². The van der Waals surface area contributed by atoms with Crippen molar-refractivity contribution in [2.24, 2.45) is 7.05 Å². The van der Waals surface area contributed by atoms with Crippen molar-refractivity contribution < 1.29 is 0 Å². The Morgan fingerprint density at radius 3 is 1.82 bits per heavy atom. The quantitative estimate of drug-likeness (QED) is 0.335. The van der Waals surface area contributed by atoms with Gasteiger partial charge in [-0.3, -0.25) is 27.9 Å². The Balaban J connectivity index is 2.05. The van der Waals surface area contributed by atoms with Crippen LogP contribution in [0.4, 0.5) is 0 Å².